The van der Waals surface area contributed by atoms with Crippen molar-refractivity contribution in [3.63, 3.8) is 0 Å². The Labute approximate surface area is 129 Å². The molecule has 3 N–H and O–H groups in total. The van der Waals surface area contributed by atoms with Gasteiger partial charge in [-0.2, -0.15) is 0 Å². The topological polar surface area (TPSA) is 84.7 Å². The van der Waals surface area contributed by atoms with Crippen molar-refractivity contribution >= 4 is 12.0 Å². The molecule has 128 valence electrons. The highest BCUT2D eigenvalue weighted by atomic mass is 19.3. The van der Waals surface area contributed by atoms with Gasteiger partial charge in [0.2, 0.25) is 5.91 Å². The third-order valence-corrected chi connectivity index (χ3v) is 3.17. The summed E-state index contributed by atoms with van der Waals surface area (Å²) in [5.74, 6) is -3.38. The van der Waals surface area contributed by atoms with Gasteiger partial charge in [-0.15, -0.1) is 0 Å². The Morgan fingerprint density at radius 3 is 2.50 bits per heavy atom. The molecule has 0 aromatic carbocycles. The Kier molecular flexibility index (Phi) is 6.10. The lowest BCUT2D eigenvalue weighted by atomic mass is 10.1. The van der Waals surface area contributed by atoms with Gasteiger partial charge < -0.3 is 20.7 Å². The van der Waals surface area contributed by atoms with Crippen LogP contribution in [-0.4, -0.2) is 54.1 Å². The summed E-state index contributed by atoms with van der Waals surface area (Å²) >= 11 is 0. The molecule has 1 fully saturated rings. The second-order valence-electron chi connectivity index (χ2n) is 6.50. The Bertz CT molecular complexity index is 411. The number of nitrogens with one attached hydrogen (secondary N) is 1. The van der Waals surface area contributed by atoms with Crippen molar-refractivity contribution in [2.75, 3.05) is 19.6 Å². The van der Waals surface area contributed by atoms with Crippen LogP contribution < -0.4 is 11.1 Å². The molecule has 1 aliphatic rings. The van der Waals surface area contributed by atoms with Crippen LogP contribution in [0.2, 0.25) is 0 Å². The zero-order chi connectivity index (χ0) is 17.0. The van der Waals surface area contributed by atoms with Crippen molar-refractivity contribution in [3.05, 3.63) is 0 Å². The molecule has 0 aliphatic carbocycles. The number of nitrogens with zero attached hydrogens (tertiary/aromatic N) is 1. The number of amides is 2. The fraction of sp³-hybridized carbons (Fsp3) is 0.857. The summed E-state index contributed by atoms with van der Waals surface area (Å²) in [4.78, 5) is 25.2. The maximum absolute atomic E-state index is 13.2. The normalized spacial score (nSPS) is 18.9. The van der Waals surface area contributed by atoms with Gasteiger partial charge in [0.15, 0.2) is 0 Å². The van der Waals surface area contributed by atoms with Crippen LogP contribution in [0.15, 0.2) is 0 Å². The average Bonchev–Trinajstić information content (AvgIpc) is 2.71. The highest BCUT2D eigenvalue weighted by molar-refractivity contribution is 5.86. The summed E-state index contributed by atoms with van der Waals surface area (Å²) in [5, 5.41) is 2.46. The number of hydrogen-bond acceptors (Lipinski definition) is 4. The first-order chi connectivity index (χ1) is 10.0. The number of ether oxygens (including phenoxy) is 1. The third kappa shape index (κ3) is 6.13. The molecular formula is C14H25F2N3O3. The monoisotopic (exact) mass is 321 g/mol. The van der Waals surface area contributed by atoms with Gasteiger partial charge in [-0.3, -0.25) is 4.79 Å². The van der Waals surface area contributed by atoms with Gasteiger partial charge in [-0.05, 0) is 40.2 Å². The molecule has 0 saturated carbocycles. The van der Waals surface area contributed by atoms with Crippen molar-refractivity contribution in [3.8, 4) is 0 Å². The van der Waals surface area contributed by atoms with E-state index in [-0.39, 0.29) is 19.4 Å². The van der Waals surface area contributed by atoms with Crippen LogP contribution in [0, 0.1) is 0 Å². The molecular weight excluding hydrogens is 296 g/mol. The second-order valence-corrected chi connectivity index (χ2v) is 6.50. The zero-order valence-electron chi connectivity index (χ0n) is 13.3. The first-order valence-corrected chi connectivity index (χ1v) is 7.40. The predicted molar refractivity (Wildman–Crippen MR) is 77.6 cm³/mol. The summed E-state index contributed by atoms with van der Waals surface area (Å²) in [5.41, 5.74) is 4.72. The summed E-state index contributed by atoms with van der Waals surface area (Å²) in [6, 6.07) is -0.896. The summed E-state index contributed by atoms with van der Waals surface area (Å²) < 4.78 is 31.6. The molecule has 0 bridgehead atoms. The lowest BCUT2D eigenvalue weighted by molar-refractivity contribution is -0.134. The van der Waals surface area contributed by atoms with E-state index in [0.29, 0.717) is 13.0 Å². The molecule has 0 aromatic rings. The van der Waals surface area contributed by atoms with E-state index in [0.717, 1.165) is 4.90 Å². The standard InChI is InChI=1S/C14H25F2N3O3/c1-13(2,3)22-12(21)18-10(5-4-7-17)11(20)19-8-6-14(15,16)9-19/h10H,4-9,17H2,1-3H3,(H,18,21)/t10-/m0/s1. The van der Waals surface area contributed by atoms with Crippen molar-refractivity contribution < 1.29 is 23.1 Å². The van der Waals surface area contributed by atoms with Crippen LogP contribution in [0.25, 0.3) is 0 Å². The third-order valence-electron chi connectivity index (χ3n) is 3.17. The van der Waals surface area contributed by atoms with Crippen molar-refractivity contribution in [2.24, 2.45) is 5.73 Å². The minimum absolute atomic E-state index is 0.0129. The smallest absolute Gasteiger partial charge is 0.408 e. The van der Waals surface area contributed by atoms with Crippen molar-refractivity contribution in [2.45, 2.75) is 57.6 Å². The van der Waals surface area contributed by atoms with E-state index in [2.05, 4.69) is 5.32 Å². The Balaban J connectivity index is 2.67. The first-order valence-electron chi connectivity index (χ1n) is 7.40. The summed E-state index contributed by atoms with van der Waals surface area (Å²) in [6.07, 6.45) is -0.309. The van der Waals surface area contributed by atoms with Gasteiger partial charge in [-0.1, -0.05) is 0 Å². The van der Waals surface area contributed by atoms with Gasteiger partial charge in [0.05, 0.1) is 6.54 Å². The Hall–Kier alpha value is -1.44. The second kappa shape index (κ2) is 7.21. The highest BCUT2D eigenvalue weighted by Gasteiger charge is 2.42. The van der Waals surface area contributed by atoms with Crippen LogP contribution in [0.3, 0.4) is 0 Å². The zero-order valence-corrected chi connectivity index (χ0v) is 13.3. The molecule has 0 unspecified atom stereocenters. The van der Waals surface area contributed by atoms with Crippen LogP contribution in [0.4, 0.5) is 13.6 Å². The molecule has 0 radical (unpaired) electrons. The molecule has 6 nitrogen and oxygen atoms in total. The molecule has 1 saturated heterocycles. The van der Waals surface area contributed by atoms with Gasteiger partial charge >= 0.3 is 6.09 Å². The molecule has 0 aromatic heterocycles. The summed E-state index contributed by atoms with van der Waals surface area (Å²) in [7, 11) is 0. The quantitative estimate of drug-likeness (QED) is 0.803. The van der Waals surface area contributed by atoms with E-state index >= 15 is 0 Å². The van der Waals surface area contributed by atoms with E-state index in [4.69, 9.17) is 10.5 Å². The maximum Gasteiger partial charge on any atom is 0.408 e. The SMILES string of the molecule is CC(C)(C)OC(=O)N[C@@H](CCCN)C(=O)N1CCC(F)(F)C1. The van der Waals surface area contributed by atoms with Crippen LogP contribution in [0.5, 0.6) is 0 Å². The van der Waals surface area contributed by atoms with E-state index < -0.39 is 36.1 Å². The molecule has 22 heavy (non-hydrogen) atoms. The lowest BCUT2D eigenvalue weighted by Gasteiger charge is -2.26. The number of likely N-dealkylation sites (tertiary alicyclic amines) is 1. The number of halogens is 2. The van der Waals surface area contributed by atoms with E-state index in [9.17, 15) is 18.4 Å². The number of carbonyl (C=O) groups is 2. The first kappa shape index (κ1) is 18.6. The maximum atomic E-state index is 13.2. The predicted octanol–water partition coefficient (Wildman–Crippen LogP) is 1.49. The van der Waals surface area contributed by atoms with Crippen LogP contribution >= 0.6 is 0 Å². The van der Waals surface area contributed by atoms with Crippen molar-refractivity contribution in [1.82, 2.24) is 10.2 Å². The van der Waals surface area contributed by atoms with Gasteiger partial charge in [0.25, 0.3) is 5.92 Å². The number of hydrogen-bond donors (Lipinski definition) is 2. The van der Waals surface area contributed by atoms with Gasteiger partial charge in [0.1, 0.15) is 11.6 Å². The Morgan fingerprint density at radius 2 is 2.05 bits per heavy atom. The highest BCUT2D eigenvalue weighted by Crippen LogP contribution is 2.27. The average molecular weight is 321 g/mol. The van der Waals surface area contributed by atoms with E-state index in [1.54, 1.807) is 20.8 Å². The number of alkyl carbamates (subject to hydrolysis) is 1. The van der Waals surface area contributed by atoms with E-state index in [1.165, 1.54) is 0 Å². The lowest BCUT2D eigenvalue weighted by Crippen LogP contribution is -2.49. The number of carbonyl (C=O) groups excluding carboxylic acids is 2. The number of rotatable bonds is 5. The molecule has 8 heteroatoms. The van der Waals surface area contributed by atoms with Gasteiger partial charge in [0, 0.05) is 13.0 Å². The van der Waals surface area contributed by atoms with Crippen molar-refractivity contribution in [1.29, 1.82) is 0 Å². The number of alkyl halides is 2. The molecule has 0 spiro atoms. The Morgan fingerprint density at radius 1 is 1.41 bits per heavy atom. The number of nitrogens with two attached hydrogens (primary N) is 1. The van der Waals surface area contributed by atoms with E-state index in [1.807, 2.05) is 0 Å². The molecule has 1 aliphatic heterocycles. The van der Waals surface area contributed by atoms with Crippen LogP contribution in [0.1, 0.15) is 40.0 Å². The minimum atomic E-state index is -2.86. The van der Waals surface area contributed by atoms with Gasteiger partial charge in [-0.25, -0.2) is 13.6 Å². The fourth-order valence-electron chi connectivity index (χ4n) is 2.17. The van der Waals surface area contributed by atoms with Crippen LogP contribution in [-0.2, 0) is 9.53 Å². The largest absolute Gasteiger partial charge is 0.444 e. The molecule has 1 atom stereocenters. The summed E-state index contributed by atoms with van der Waals surface area (Å²) in [6.45, 7) is 4.82. The fourth-order valence-corrected chi connectivity index (χ4v) is 2.17. The molecule has 2 amide bonds. The minimum Gasteiger partial charge on any atom is -0.444 e. The molecule has 1 rings (SSSR count). The molecule has 1 heterocycles.